The number of nitrogens with zero attached hydrogens (tertiary/aromatic N) is 3. The predicted molar refractivity (Wildman–Crippen MR) is 183 cm³/mol. The lowest BCUT2D eigenvalue weighted by molar-refractivity contribution is -0.119. The molecule has 3 heterocycles. The number of methoxy groups -OCH3 is 2. The zero-order valence-electron chi connectivity index (χ0n) is 26.7. The van der Waals surface area contributed by atoms with Crippen LogP contribution in [0.5, 0.6) is 5.88 Å². The number of hydrogen-bond donors (Lipinski definition) is 3. The van der Waals surface area contributed by atoms with Crippen molar-refractivity contribution in [3.05, 3.63) is 96.2 Å². The van der Waals surface area contributed by atoms with Crippen LogP contribution in [0, 0.1) is 5.92 Å². The molecule has 3 atom stereocenters. The van der Waals surface area contributed by atoms with Crippen molar-refractivity contribution in [3.63, 3.8) is 0 Å². The Balaban J connectivity index is 1.32. The van der Waals surface area contributed by atoms with Crippen LogP contribution in [0.3, 0.4) is 0 Å². The van der Waals surface area contributed by atoms with Crippen molar-refractivity contribution >= 4 is 40.7 Å². The van der Waals surface area contributed by atoms with Crippen molar-refractivity contribution < 1.29 is 19.1 Å². The van der Waals surface area contributed by atoms with Crippen LogP contribution < -0.4 is 31.9 Å². The Morgan fingerprint density at radius 2 is 1.73 bits per heavy atom. The molecule has 3 N–H and O–H groups in total. The van der Waals surface area contributed by atoms with Gasteiger partial charge >= 0.3 is 5.69 Å². The van der Waals surface area contributed by atoms with Crippen molar-refractivity contribution in [2.24, 2.45) is 20.0 Å². The van der Waals surface area contributed by atoms with E-state index in [0.717, 1.165) is 20.3 Å². The van der Waals surface area contributed by atoms with Gasteiger partial charge in [-0.2, -0.15) is 0 Å². The molecule has 0 saturated carbocycles. The van der Waals surface area contributed by atoms with Crippen LogP contribution >= 0.6 is 23.2 Å². The number of carbonyl (C=O) groups excluding carboxylic acids is 2. The molecular weight excluding hydrogens is 659 g/mol. The van der Waals surface area contributed by atoms with E-state index in [-0.39, 0.29) is 40.2 Å². The molecule has 1 saturated heterocycles. The molecule has 0 spiro atoms. The Labute approximate surface area is 286 Å². The van der Waals surface area contributed by atoms with Gasteiger partial charge in [0.2, 0.25) is 11.8 Å². The number of nitrogens with one attached hydrogen (secondary N) is 3. The minimum absolute atomic E-state index is 0.0612. The van der Waals surface area contributed by atoms with Gasteiger partial charge in [-0.3, -0.25) is 19.0 Å². The molecule has 2 amide bonds. The first-order valence-corrected chi connectivity index (χ1v) is 16.0. The number of rotatable bonds is 9. The maximum atomic E-state index is 13.1. The van der Waals surface area contributed by atoms with E-state index in [0.29, 0.717) is 59.2 Å². The number of aryl methyl sites for hydroxylation is 1. The van der Waals surface area contributed by atoms with Gasteiger partial charge in [-0.15, -0.1) is 0 Å². The molecule has 1 aliphatic carbocycles. The van der Waals surface area contributed by atoms with Crippen LogP contribution in [0.4, 0.5) is 5.69 Å². The van der Waals surface area contributed by atoms with Gasteiger partial charge in [0.1, 0.15) is 5.56 Å². The van der Waals surface area contributed by atoms with Crippen LogP contribution in [0.1, 0.15) is 33.9 Å². The fourth-order valence-electron chi connectivity index (χ4n) is 6.38. The smallest absolute Gasteiger partial charge is 0.330 e. The highest BCUT2D eigenvalue weighted by molar-refractivity contribution is 6.39. The summed E-state index contributed by atoms with van der Waals surface area (Å²) in [5, 5.41) is 9.75. The first-order valence-electron chi connectivity index (χ1n) is 15.3. The van der Waals surface area contributed by atoms with Gasteiger partial charge in [0.05, 0.1) is 40.7 Å². The second-order valence-electron chi connectivity index (χ2n) is 11.9. The molecule has 14 heteroatoms. The van der Waals surface area contributed by atoms with Crippen LogP contribution in [-0.4, -0.2) is 59.3 Å². The lowest BCUT2D eigenvalue weighted by Gasteiger charge is -2.23. The number of anilines is 1. The molecule has 0 bridgehead atoms. The van der Waals surface area contributed by atoms with Crippen molar-refractivity contribution in [3.8, 4) is 28.3 Å². The molecule has 2 aromatic carbocycles. The summed E-state index contributed by atoms with van der Waals surface area (Å²) in [4.78, 5) is 54.4. The zero-order valence-corrected chi connectivity index (χ0v) is 28.2. The van der Waals surface area contributed by atoms with Crippen molar-refractivity contribution in [1.82, 2.24) is 24.8 Å². The summed E-state index contributed by atoms with van der Waals surface area (Å²) >= 11 is 13.9. The van der Waals surface area contributed by atoms with Gasteiger partial charge in [-0.25, -0.2) is 9.78 Å². The number of pyridine rings is 1. The number of carbonyl (C=O) groups is 2. The Kier molecular flexibility index (Phi) is 9.44. The maximum absolute atomic E-state index is 13.1. The molecule has 250 valence electrons. The largest absolute Gasteiger partial charge is 0.481 e. The number of ether oxygens (including phenoxy) is 2. The molecule has 12 nitrogen and oxygen atoms in total. The summed E-state index contributed by atoms with van der Waals surface area (Å²) in [6.07, 6.45) is 2.15. The fourth-order valence-corrected chi connectivity index (χ4v) is 6.98. The first-order chi connectivity index (χ1) is 23.0. The quantitative estimate of drug-likeness (QED) is 0.241. The summed E-state index contributed by atoms with van der Waals surface area (Å²) in [6.45, 7) is 1.28. The van der Waals surface area contributed by atoms with Gasteiger partial charge < -0.3 is 30.0 Å². The van der Waals surface area contributed by atoms with Gasteiger partial charge in [0.15, 0.2) is 0 Å². The van der Waals surface area contributed by atoms with Gasteiger partial charge in [0.25, 0.3) is 11.5 Å². The third-order valence-corrected chi connectivity index (χ3v) is 9.71. The monoisotopic (exact) mass is 692 g/mol. The Morgan fingerprint density at radius 1 is 1.02 bits per heavy atom. The van der Waals surface area contributed by atoms with E-state index in [1.54, 1.807) is 32.4 Å². The van der Waals surface area contributed by atoms with Crippen LogP contribution in [0.15, 0.2) is 58.3 Å². The second-order valence-corrected chi connectivity index (χ2v) is 12.7. The van der Waals surface area contributed by atoms with E-state index in [2.05, 4.69) is 16.0 Å². The van der Waals surface area contributed by atoms with E-state index < -0.39 is 17.2 Å². The molecule has 0 radical (unpaired) electrons. The maximum Gasteiger partial charge on any atom is 0.330 e. The molecule has 6 rings (SSSR count). The minimum Gasteiger partial charge on any atom is -0.481 e. The normalized spacial score (nSPS) is 18.5. The summed E-state index contributed by atoms with van der Waals surface area (Å²) in [7, 11) is 6.01. The first kappa shape index (κ1) is 33.4. The van der Waals surface area contributed by atoms with Crippen LogP contribution in [0.25, 0.3) is 22.4 Å². The highest BCUT2D eigenvalue weighted by atomic mass is 35.5. The van der Waals surface area contributed by atoms with E-state index in [9.17, 15) is 19.2 Å². The molecular formula is C34H34Cl2N6O6. The predicted octanol–water partition coefficient (Wildman–Crippen LogP) is 3.72. The molecule has 2 aliphatic rings. The molecule has 1 aliphatic heterocycles. The van der Waals surface area contributed by atoms with E-state index in [1.165, 1.54) is 20.3 Å². The number of benzene rings is 2. The number of amides is 2. The van der Waals surface area contributed by atoms with E-state index in [1.807, 2.05) is 24.3 Å². The molecule has 2 aromatic heterocycles. The Bertz CT molecular complexity index is 2060. The van der Waals surface area contributed by atoms with Crippen molar-refractivity contribution in [2.75, 3.05) is 32.6 Å². The molecule has 1 fully saturated rings. The molecule has 0 unspecified atom stereocenters. The summed E-state index contributed by atoms with van der Waals surface area (Å²) in [6, 6.07) is 12.4. The van der Waals surface area contributed by atoms with Crippen molar-refractivity contribution in [2.45, 2.75) is 25.0 Å². The number of hydrogen-bond acceptors (Lipinski definition) is 8. The number of aromatic nitrogens is 3. The molecule has 4 aromatic rings. The van der Waals surface area contributed by atoms with Gasteiger partial charge in [0, 0.05) is 75.6 Å². The number of fused-ring (bicyclic) bond motifs is 1. The lowest BCUT2D eigenvalue weighted by atomic mass is 9.99. The number of halogens is 2. The Morgan fingerprint density at radius 3 is 2.42 bits per heavy atom. The second kappa shape index (κ2) is 13.6. The fraction of sp³-hybridized carbons (Fsp3) is 0.324. The highest BCUT2D eigenvalue weighted by Gasteiger charge is 2.37. The standard InChI is InChI=1S/C34H34Cl2N6O6/c1-41-16-22(33(45)42(2)34(41)46)31(44)39-23-10-6-8-20(29(23)36)19-7-5-9-21(28(19)35)24-12-18-13-25(47-3)30(27(18)32(40-24)48-4)38-15-17-11-26(43)37-14-17/h5-10,12,16-17,25,30,38H,11,13-15H2,1-4H3,(H,37,43)(H,39,44)/t17-,25-,30-/m0/s1. The van der Waals surface area contributed by atoms with E-state index in [4.69, 9.17) is 37.7 Å². The molecule has 48 heavy (non-hydrogen) atoms. The van der Waals surface area contributed by atoms with Gasteiger partial charge in [-0.1, -0.05) is 53.5 Å². The zero-order chi connectivity index (χ0) is 34.3. The van der Waals surface area contributed by atoms with Crippen molar-refractivity contribution in [1.29, 1.82) is 0 Å². The Hall–Kier alpha value is -4.49. The topological polar surface area (TPSA) is 146 Å². The summed E-state index contributed by atoms with van der Waals surface area (Å²) < 4.78 is 13.7. The summed E-state index contributed by atoms with van der Waals surface area (Å²) in [5.41, 5.74) is 3.10. The van der Waals surface area contributed by atoms with Crippen LogP contribution in [-0.2, 0) is 30.0 Å². The summed E-state index contributed by atoms with van der Waals surface area (Å²) in [5.74, 6) is -0.00603. The van der Waals surface area contributed by atoms with Gasteiger partial charge in [-0.05, 0) is 23.6 Å². The highest BCUT2D eigenvalue weighted by Crippen LogP contribution is 2.44. The van der Waals surface area contributed by atoms with E-state index >= 15 is 0 Å². The average Bonchev–Trinajstić information content (AvgIpc) is 3.67. The average molecular weight is 694 g/mol. The SMILES string of the molecule is COc1nc(-c2cccc(-c3cccc(NC(=O)c4cn(C)c(=O)n(C)c4=O)c3Cl)c2Cl)cc2c1[C@@H](NC[C@@H]1CNC(=O)C1)[C@@H](OC)C2. The minimum atomic E-state index is -0.725. The lowest BCUT2D eigenvalue weighted by Crippen LogP contribution is -2.40. The third kappa shape index (κ3) is 6.12. The van der Waals surface area contributed by atoms with Crippen LogP contribution in [0.2, 0.25) is 10.0 Å². The third-order valence-electron chi connectivity index (χ3n) is 8.90.